The number of hydrogen-bond donors (Lipinski definition) is 2. The second-order valence-electron chi connectivity index (χ2n) is 6.22. The first-order valence-corrected chi connectivity index (χ1v) is 8.86. The van der Waals surface area contributed by atoms with Gasteiger partial charge in [-0.05, 0) is 49.6 Å². The molecule has 0 heterocycles. The Morgan fingerprint density at radius 2 is 1.77 bits per heavy atom. The fourth-order valence-electron chi connectivity index (χ4n) is 2.46. The van der Waals surface area contributed by atoms with Gasteiger partial charge in [-0.15, -0.1) is 0 Å². The van der Waals surface area contributed by atoms with Gasteiger partial charge < -0.3 is 15.4 Å². The number of carbonyl (C=O) groups is 2. The number of benzene rings is 2. The third kappa shape index (κ3) is 5.62. The molecule has 0 aliphatic rings. The highest BCUT2D eigenvalue weighted by Gasteiger charge is 2.14. The summed E-state index contributed by atoms with van der Waals surface area (Å²) in [5.41, 5.74) is 2.07. The van der Waals surface area contributed by atoms with E-state index in [1.54, 1.807) is 31.4 Å². The molecule has 138 valence electrons. The van der Waals surface area contributed by atoms with E-state index in [0.29, 0.717) is 24.1 Å². The first-order valence-electron chi connectivity index (χ1n) is 8.86. The van der Waals surface area contributed by atoms with Gasteiger partial charge in [0.05, 0.1) is 18.4 Å². The van der Waals surface area contributed by atoms with Crippen LogP contribution in [0.15, 0.2) is 48.5 Å². The molecule has 0 unspecified atom stereocenters. The van der Waals surface area contributed by atoms with Crippen LogP contribution in [0.2, 0.25) is 0 Å². The summed E-state index contributed by atoms with van der Waals surface area (Å²) in [4.78, 5) is 24.7. The number of carbonyl (C=O) groups excluding carboxylic acids is 2. The van der Waals surface area contributed by atoms with Gasteiger partial charge in [0.25, 0.3) is 5.91 Å². The molecule has 0 bridgehead atoms. The van der Waals surface area contributed by atoms with Crippen molar-refractivity contribution in [3.05, 3.63) is 59.7 Å². The smallest absolute Gasteiger partial charge is 0.253 e. The number of para-hydroxylation sites is 1. The van der Waals surface area contributed by atoms with Crippen LogP contribution in [0.4, 0.5) is 5.69 Å². The Morgan fingerprint density at radius 1 is 1.08 bits per heavy atom. The average Bonchev–Trinajstić information content (AvgIpc) is 2.67. The number of rotatable bonds is 8. The maximum absolute atomic E-state index is 12.4. The van der Waals surface area contributed by atoms with E-state index in [1.165, 1.54) is 0 Å². The predicted molar refractivity (Wildman–Crippen MR) is 104 cm³/mol. The highest BCUT2D eigenvalue weighted by Crippen LogP contribution is 2.17. The van der Waals surface area contributed by atoms with Crippen LogP contribution in [-0.2, 0) is 11.2 Å². The van der Waals surface area contributed by atoms with Crippen LogP contribution in [0, 0.1) is 0 Å². The van der Waals surface area contributed by atoms with Gasteiger partial charge in [-0.25, -0.2) is 0 Å². The summed E-state index contributed by atoms with van der Waals surface area (Å²) >= 11 is 0. The summed E-state index contributed by atoms with van der Waals surface area (Å²) in [6, 6.07) is 14.8. The standard InChI is InChI=1S/C21H26N2O3/c1-4-15(2)22-21(25)18-7-5-6-8-19(18)23-20(24)14-11-16-9-12-17(26-3)13-10-16/h5-10,12-13,15H,4,11,14H2,1-3H3,(H,22,25)(H,23,24)/t15-/m1/s1. The van der Waals surface area contributed by atoms with Crippen LogP contribution in [-0.4, -0.2) is 25.0 Å². The Morgan fingerprint density at radius 3 is 2.42 bits per heavy atom. The van der Waals surface area contributed by atoms with Gasteiger partial charge in [-0.1, -0.05) is 31.2 Å². The fraction of sp³-hybridized carbons (Fsp3) is 0.333. The van der Waals surface area contributed by atoms with Crippen LogP contribution in [0.1, 0.15) is 42.6 Å². The van der Waals surface area contributed by atoms with E-state index in [-0.39, 0.29) is 17.9 Å². The molecule has 2 aromatic rings. The minimum atomic E-state index is -0.176. The molecule has 2 aromatic carbocycles. The monoisotopic (exact) mass is 354 g/mol. The van der Waals surface area contributed by atoms with Crippen LogP contribution in [0.3, 0.4) is 0 Å². The third-order valence-electron chi connectivity index (χ3n) is 4.24. The number of methoxy groups -OCH3 is 1. The molecule has 0 saturated heterocycles. The van der Waals surface area contributed by atoms with Crippen molar-refractivity contribution < 1.29 is 14.3 Å². The highest BCUT2D eigenvalue weighted by molar-refractivity contribution is 6.03. The Kier molecular flexibility index (Phi) is 7.21. The largest absolute Gasteiger partial charge is 0.497 e. The van der Waals surface area contributed by atoms with Crippen molar-refractivity contribution >= 4 is 17.5 Å². The summed E-state index contributed by atoms with van der Waals surface area (Å²) in [5, 5.41) is 5.78. The van der Waals surface area contributed by atoms with Gasteiger partial charge in [-0.3, -0.25) is 9.59 Å². The Balaban J connectivity index is 1.96. The topological polar surface area (TPSA) is 67.4 Å². The predicted octanol–water partition coefficient (Wildman–Crippen LogP) is 3.79. The molecule has 0 spiro atoms. The summed E-state index contributed by atoms with van der Waals surface area (Å²) in [6.45, 7) is 3.96. The number of hydrogen-bond acceptors (Lipinski definition) is 3. The van der Waals surface area contributed by atoms with Crippen LogP contribution in [0.25, 0.3) is 0 Å². The van der Waals surface area contributed by atoms with E-state index in [9.17, 15) is 9.59 Å². The lowest BCUT2D eigenvalue weighted by Gasteiger charge is -2.14. The molecule has 0 aromatic heterocycles. The lowest BCUT2D eigenvalue weighted by molar-refractivity contribution is -0.116. The van der Waals surface area contributed by atoms with Gasteiger partial charge in [0, 0.05) is 12.5 Å². The molecule has 0 radical (unpaired) electrons. The minimum absolute atomic E-state index is 0.0846. The summed E-state index contributed by atoms with van der Waals surface area (Å²) in [5.74, 6) is 0.495. The summed E-state index contributed by atoms with van der Waals surface area (Å²) in [6.07, 6.45) is 1.81. The van der Waals surface area contributed by atoms with E-state index in [2.05, 4.69) is 10.6 Å². The van der Waals surface area contributed by atoms with E-state index in [0.717, 1.165) is 17.7 Å². The molecule has 2 amide bonds. The quantitative estimate of drug-likeness (QED) is 0.758. The zero-order valence-corrected chi connectivity index (χ0v) is 15.5. The van der Waals surface area contributed by atoms with E-state index in [4.69, 9.17) is 4.74 Å². The zero-order valence-electron chi connectivity index (χ0n) is 15.5. The molecule has 1 atom stereocenters. The Labute approximate surface area is 154 Å². The Hall–Kier alpha value is -2.82. The number of nitrogens with one attached hydrogen (secondary N) is 2. The molecule has 2 rings (SSSR count). The number of aryl methyl sites for hydroxylation is 1. The van der Waals surface area contributed by atoms with Crippen molar-refractivity contribution in [2.24, 2.45) is 0 Å². The van der Waals surface area contributed by atoms with E-state index < -0.39 is 0 Å². The van der Waals surface area contributed by atoms with Gasteiger partial charge >= 0.3 is 0 Å². The molecule has 5 heteroatoms. The maximum Gasteiger partial charge on any atom is 0.253 e. The van der Waals surface area contributed by atoms with Crippen molar-refractivity contribution in [3.8, 4) is 5.75 Å². The van der Waals surface area contributed by atoms with Crippen molar-refractivity contribution in [1.82, 2.24) is 5.32 Å². The number of anilines is 1. The van der Waals surface area contributed by atoms with Gasteiger partial charge in [0.15, 0.2) is 0 Å². The molecule has 0 fully saturated rings. The van der Waals surface area contributed by atoms with Crippen LogP contribution >= 0.6 is 0 Å². The maximum atomic E-state index is 12.4. The molecule has 0 aliphatic heterocycles. The average molecular weight is 354 g/mol. The molecule has 2 N–H and O–H groups in total. The Bertz CT molecular complexity index is 741. The number of ether oxygens (including phenoxy) is 1. The number of amides is 2. The first-order chi connectivity index (χ1) is 12.5. The first kappa shape index (κ1) is 19.5. The second kappa shape index (κ2) is 9.61. The van der Waals surface area contributed by atoms with Crippen molar-refractivity contribution in [3.63, 3.8) is 0 Å². The normalized spacial score (nSPS) is 11.5. The van der Waals surface area contributed by atoms with E-state index >= 15 is 0 Å². The van der Waals surface area contributed by atoms with Gasteiger partial charge in [-0.2, -0.15) is 0 Å². The van der Waals surface area contributed by atoms with Gasteiger partial charge in [0.2, 0.25) is 5.91 Å². The molecule has 26 heavy (non-hydrogen) atoms. The highest BCUT2D eigenvalue weighted by atomic mass is 16.5. The van der Waals surface area contributed by atoms with Crippen molar-refractivity contribution in [1.29, 1.82) is 0 Å². The molecule has 0 saturated carbocycles. The van der Waals surface area contributed by atoms with Crippen LogP contribution in [0.5, 0.6) is 5.75 Å². The minimum Gasteiger partial charge on any atom is -0.497 e. The lowest BCUT2D eigenvalue weighted by Crippen LogP contribution is -2.32. The zero-order chi connectivity index (χ0) is 18.9. The lowest BCUT2D eigenvalue weighted by atomic mass is 10.1. The van der Waals surface area contributed by atoms with Gasteiger partial charge in [0.1, 0.15) is 5.75 Å². The summed E-state index contributed by atoms with van der Waals surface area (Å²) < 4.78 is 5.13. The fourth-order valence-corrected chi connectivity index (χ4v) is 2.46. The van der Waals surface area contributed by atoms with E-state index in [1.807, 2.05) is 38.1 Å². The summed E-state index contributed by atoms with van der Waals surface area (Å²) in [7, 11) is 1.62. The van der Waals surface area contributed by atoms with Crippen molar-refractivity contribution in [2.45, 2.75) is 39.2 Å². The molecule has 0 aliphatic carbocycles. The third-order valence-corrected chi connectivity index (χ3v) is 4.24. The molecular formula is C21H26N2O3. The molecular weight excluding hydrogens is 328 g/mol. The molecule has 5 nitrogen and oxygen atoms in total. The second-order valence-corrected chi connectivity index (χ2v) is 6.22. The van der Waals surface area contributed by atoms with Crippen LogP contribution < -0.4 is 15.4 Å². The SMILES string of the molecule is CC[C@@H](C)NC(=O)c1ccccc1NC(=O)CCc1ccc(OC)cc1. The van der Waals surface area contributed by atoms with Crippen molar-refractivity contribution in [2.75, 3.05) is 12.4 Å².